The van der Waals surface area contributed by atoms with Gasteiger partial charge in [0.1, 0.15) is 5.82 Å². The highest BCUT2D eigenvalue weighted by molar-refractivity contribution is 7.89. The summed E-state index contributed by atoms with van der Waals surface area (Å²) in [4.78, 5) is 4.45. The molecule has 1 atom stereocenters. The molecule has 1 aliphatic heterocycles. The molecule has 1 N–H and O–H groups in total. The predicted molar refractivity (Wildman–Crippen MR) is 81.8 cm³/mol. The van der Waals surface area contributed by atoms with Crippen molar-refractivity contribution in [1.82, 2.24) is 9.29 Å². The molecule has 1 saturated heterocycles. The minimum atomic E-state index is -3.44. The summed E-state index contributed by atoms with van der Waals surface area (Å²) in [5.41, 5.74) is 0. The molecule has 0 amide bonds. The molecule has 0 saturated carbocycles. The second kappa shape index (κ2) is 7.20. The largest absolute Gasteiger partial charge is 0.384 e. The molecule has 0 aromatic carbocycles. The number of sulfonamides is 1. The van der Waals surface area contributed by atoms with Crippen LogP contribution < -0.4 is 5.32 Å². The molecule has 118 valence electrons. The minimum absolute atomic E-state index is 0.282. The normalized spacial score (nSPS) is 19.8. The van der Waals surface area contributed by atoms with E-state index in [9.17, 15) is 8.42 Å². The summed E-state index contributed by atoms with van der Waals surface area (Å²) in [5, 5.41) is 3.11. The van der Waals surface area contributed by atoms with Gasteiger partial charge in [0.05, 0.1) is 11.5 Å². The van der Waals surface area contributed by atoms with Gasteiger partial charge in [-0.1, -0.05) is 6.92 Å². The van der Waals surface area contributed by atoms with E-state index in [1.54, 1.807) is 19.2 Å². The van der Waals surface area contributed by atoms with E-state index >= 15 is 0 Å². The van der Waals surface area contributed by atoms with Gasteiger partial charge in [-0.25, -0.2) is 13.4 Å². The van der Waals surface area contributed by atoms with Crippen LogP contribution in [0.2, 0.25) is 0 Å². The number of nitrogens with one attached hydrogen (secondary N) is 1. The van der Waals surface area contributed by atoms with E-state index in [-0.39, 0.29) is 5.92 Å². The Balaban J connectivity index is 2.12. The Hall–Kier alpha value is -1.18. The smallest absolute Gasteiger partial charge is 0.243 e. The number of ether oxygens (including phenoxy) is 1. The van der Waals surface area contributed by atoms with Crippen LogP contribution in [0.1, 0.15) is 19.8 Å². The fourth-order valence-electron chi connectivity index (χ4n) is 2.46. The van der Waals surface area contributed by atoms with Gasteiger partial charge in [-0.15, -0.1) is 0 Å². The molecule has 1 fully saturated rings. The number of methoxy groups -OCH3 is 1. The Kier molecular flexibility index (Phi) is 5.55. The maximum absolute atomic E-state index is 12.6. The van der Waals surface area contributed by atoms with E-state index in [0.717, 1.165) is 19.4 Å². The van der Waals surface area contributed by atoms with Crippen LogP contribution in [0.5, 0.6) is 0 Å². The van der Waals surface area contributed by atoms with Crippen LogP contribution in [-0.2, 0) is 14.8 Å². The lowest BCUT2D eigenvalue weighted by atomic mass is 10.1. The molecule has 1 aromatic rings. The zero-order valence-electron chi connectivity index (χ0n) is 12.6. The Morgan fingerprint density at radius 3 is 3.05 bits per heavy atom. The molecule has 1 aromatic heterocycles. The number of hydrogen-bond donors (Lipinski definition) is 1. The monoisotopic (exact) mass is 313 g/mol. The Bertz CT molecular complexity index is 562. The third kappa shape index (κ3) is 3.93. The zero-order valence-corrected chi connectivity index (χ0v) is 13.4. The number of rotatable bonds is 7. The first kappa shape index (κ1) is 16.2. The summed E-state index contributed by atoms with van der Waals surface area (Å²) < 4.78 is 31.9. The van der Waals surface area contributed by atoms with Crippen LogP contribution in [0.25, 0.3) is 0 Å². The van der Waals surface area contributed by atoms with Crippen LogP contribution in [0, 0.1) is 5.92 Å². The Morgan fingerprint density at radius 2 is 2.33 bits per heavy atom. The van der Waals surface area contributed by atoms with E-state index in [1.807, 2.05) is 6.92 Å². The number of hydrogen-bond acceptors (Lipinski definition) is 5. The molecule has 0 spiro atoms. The van der Waals surface area contributed by atoms with Crippen molar-refractivity contribution >= 4 is 15.8 Å². The number of aromatic nitrogens is 1. The van der Waals surface area contributed by atoms with Gasteiger partial charge in [-0.05, 0) is 24.8 Å². The van der Waals surface area contributed by atoms with Gasteiger partial charge >= 0.3 is 0 Å². The zero-order chi connectivity index (χ0) is 15.3. The van der Waals surface area contributed by atoms with Gasteiger partial charge in [0, 0.05) is 39.0 Å². The maximum atomic E-state index is 12.6. The highest BCUT2D eigenvalue weighted by atomic mass is 32.2. The maximum Gasteiger partial charge on any atom is 0.243 e. The van der Waals surface area contributed by atoms with Crippen molar-refractivity contribution in [2.75, 3.05) is 38.7 Å². The summed E-state index contributed by atoms with van der Waals surface area (Å²) in [6.45, 7) is 4.50. The molecule has 7 heteroatoms. The van der Waals surface area contributed by atoms with Crippen molar-refractivity contribution in [1.29, 1.82) is 0 Å². The lowest BCUT2D eigenvalue weighted by Gasteiger charge is -2.17. The number of anilines is 1. The summed E-state index contributed by atoms with van der Waals surface area (Å²) >= 11 is 0. The van der Waals surface area contributed by atoms with Crippen molar-refractivity contribution in [3.63, 3.8) is 0 Å². The first-order chi connectivity index (χ1) is 10.1. The van der Waals surface area contributed by atoms with Gasteiger partial charge in [0.15, 0.2) is 0 Å². The van der Waals surface area contributed by atoms with Gasteiger partial charge in [0.2, 0.25) is 10.0 Å². The van der Waals surface area contributed by atoms with Crippen LogP contribution in [0.4, 0.5) is 5.82 Å². The average molecular weight is 313 g/mol. The first-order valence-corrected chi connectivity index (χ1v) is 8.71. The van der Waals surface area contributed by atoms with Crippen LogP contribution >= 0.6 is 0 Å². The molecule has 2 heterocycles. The number of nitrogens with zero attached hydrogens (tertiary/aromatic N) is 2. The van der Waals surface area contributed by atoms with Crippen molar-refractivity contribution in [2.24, 2.45) is 5.92 Å². The summed E-state index contributed by atoms with van der Waals surface area (Å²) in [7, 11) is -1.80. The predicted octanol–water partition coefficient (Wildman–Crippen LogP) is 1.56. The van der Waals surface area contributed by atoms with Gasteiger partial charge < -0.3 is 10.1 Å². The standard InChI is InChI=1S/C14H23N3O3S/c1-3-6-15-14-9-13(4-7-16-14)21(18,19)17-8-5-12(10-17)11-20-2/h4,7,9,12H,3,5-6,8,10-11H2,1-2H3,(H,15,16). The second-order valence-electron chi connectivity index (χ2n) is 5.28. The van der Waals surface area contributed by atoms with E-state index in [2.05, 4.69) is 10.3 Å². The lowest BCUT2D eigenvalue weighted by molar-refractivity contribution is 0.157. The molecule has 0 aliphatic carbocycles. The van der Waals surface area contributed by atoms with E-state index < -0.39 is 10.0 Å². The van der Waals surface area contributed by atoms with E-state index in [0.29, 0.717) is 30.4 Å². The molecule has 0 bridgehead atoms. The topological polar surface area (TPSA) is 71.5 Å². The van der Waals surface area contributed by atoms with Gasteiger partial charge in [0.25, 0.3) is 0 Å². The van der Waals surface area contributed by atoms with E-state index in [4.69, 9.17) is 4.74 Å². The molecular weight excluding hydrogens is 290 g/mol. The van der Waals surface area contributed by atoms with Crippen molar-refractivity contribution in [3.05, 3.63) is 18.3 Å². The van der Waals surface area contributed by atoms with Crippen LogP contribution in [-0.4, -0.2) is 51.1 Å². The quantitative estimate of drug-likeness (QED) is 0.827. The van der Waals surface area contributed by atoms with Crippen LogP contribution in [0.15, 0.2) is 23.2 Å². The SMILES string of the molecule is CCCNc1cc(S(=O)(=O)N2CCC(COC)C2)ccn1. The summed E-state index contributed by atoms with van der Waals surface area (Å²) in [5.74, 6) is 0.884. The highest BCUT2D eigenvalue weighted by Crippen LogP contribution is 2.25. The second-order valence-corrected chi connectivity index (χ2v) is 7.21. The highest BCUT2D eigenvalue weighted by Gasteiger charge is 2.32. The fraction of sp³-hybridized carbons (Fsp3) is 0.643. The molecule has 6 nitrogen and oxygen atoms in total. The van der Waals surface area contributed by atoms with Gasteiger partial charge in [-0.3, -0.25) is 0 Å². The van der Waals surface area contributed by atoms with Crippen LogP contribution in [0.3, 0.4) is 0 Å². The van der Waals surface area contributed by atoms with Crippen molar-refractivity contribution in [3.8, 4) is 0 Å². The third-order valence-corrected chi connectivity index (χ3v) is 5.44. The summed E-state index contributed by atoms with van der Waals surface area (Å²) in [6, 6.07) is 3.16. The molecule has 2 rings (SSSR count). The molecule has 1 aliphatic rings. The van der Waals surface area contributed by atoms with Crippen molar-refractivity contribution in [2.45, 2.75) is 24.7 Å². The average Bonchev–Trinajstić information content (AvgIpc) is 2.95. The Morgan fingerprint density at radius 1 is 1.52 bits per heavy atom. The molecule has 1 unspecified atom stereocenters. The van der Waals surface area contributed by atoms with Crippen molar-refractivity contribution < 1.29 is 13.2 Å². The molecule has 21 heavy (non-hydrogen) atoms. The minimum Gasteiger partial charge on any atom is -0.384 e. The van der Waals surface area contributed by atoms with Gasteiger partial charge in [-0.2, -0.15) is 4.31 Å². The first-order valence-electron chi connectivity index (χ1n) is 7.27. The molecule has 0 radical (unpaired) electrons. The summed E-state index contributed by atoms with van der Waals surface area (Å²) in [6.07, 6.45) is 3.34. The third-order valence-electron chi connectivity index (χ3n) is 3.58. The van der Waals surface area contributed by atoms with E-state index in [1.165, 1.54) is 10.5 Å². The number of pyridine rings is 1. The lowest BCUT2D eigenvalue weighted by Crippen LogP contribution is -2.29. The Labute approximate surface area is 126 Å². The molecular formula is C14H23N3O3S. The fourth-order valence-corrected chi connectivity index (χ4v) is 4.00.